The third-order valence-corrected chi connectivity index (χ3v) is 6.23. The summed E-state index contributed by atoms with van der Waals surface area (Å²) < 4.78 is 32.8. The molecule has 0 bridgehead atoms. The molecule has 0 aliphatic carbocycles. The van der Waals surface area contributed by atoms with Gasteiger partial charge in [-0.2, -0.15) is 4.31 Å². The number of sulfonamides is 1. The summed E-state index contributed by atoms with van der Waals surface area (Å²) in [6.45, 7) is 3.52. The van der Waals surface area contributed by atoms with E-state index >= 15 is 0 Å². The molecule has 3 rings (SSSR count). The number of carbonyl (C=O) groups is 1. The number of para-hydroxylation sites is 1. The highest BCUT2D eigenvalue weighted by Crippen LogP contribution is 2.24. The molecule has 1 amide bonds. The minimum absolute atomic E-state index is 0.0487. The molecule has 0 saturated heterocycles. The van der Waals surface area contributed by atoms with Gasteiger partial charge in [-0.25, -0.2) is 8.42 Å². The van der Waals surface area contributed by atoms with Crippen LogP contribution in [0.2, 0.25) is 0 Å². The first-order valence-corrected chi connectivity index (χ1v) is 10.8. The van der Waals surface area contributed by atoms with Gasteiger partial charge >= 0.3 is 0 Å². The second-order valence-electron chi connectivity index (χ2n) is 6.60. The number of anilines is 1. The van der Waals surface area contributed by atoms with Crippen molar-refractivity contribution in [2.75, 3.05) is 10.9 Å². The highest BCUT2D eigenvalue weighted by molar-refractivity contribution is 7.93. The minimum Gasteiger partial charge on any atom is -0.484 e. The molecule has 0 N–H and O–H groups in total. The molecule has 0 aromatic heterocycles. The fraction of sp³-hybridized carbons (Fsp3) is 0.174. The summed E-state index contributed by atoms with van der Waals surface area (Å²) in [4.78, 5) is 13.0. The Bertz CT molecular complexity index is 1060. The Hall–Kier alpha value is -3.12. The summed E-state index contributed by atoms with van der Waals surface area (Å²) >= 11 is 0. The fourth-order valence-electron chi connectivity index (χ4n) is 2.82. The number of hydrogen-bond acceptors (Lipinski definition) is 4. The normalized spacial score (nSPS) is 11.1. The standard InChI is InChI=1S/C23H23NO4S/c1-3-19-11-13-21(14-12-19)28-17-23(25)24(20-7-5-4-6-8-20)29(26,27)22-15-9-18(2)10-16-22/h4-16H,3,17H2,1-2H3. The molecule has 3 aromatic rings. The first-order chi connectivity index (χ1) is 13.9. The van der Waals surface area contributed by atoms with Gasteiger partial charge in [0, 0.05) is 0 Å². The SMILES string of the molecule is CCc1ccc(OCC(=O)N(c2ccccc2)S(=O)(=O)c2ccc(C)cc2)cc1. The number of rotatable bonds is 7. The molecule has 0 aliphatic heterocycles. The molecule has 0 spiro atoms. The van der Waals surface area contributed by atoms with E-state index in [1.54, 1.807) is 54.6 Å². The molecule has 3 aromatic carbocycles. The van der Waals surface area contributed by atoms with Gasteiger partial charge < -0.3 is 4.74 Å². The molecule has 5 nitrogen and oxygen atoms in total. The van der Waals surface area contributed by atoms with Crippen LogP contribution in [-0.2, 0) is 21.2 Å². The van der Waals surface area contributed by atoms with Crippen molar-refractivity contribution >= 4 is 21.6 Å². The number of aryl methyl sites for hydroxylation is 2. The number of amides is 1. The summed E-state index contributed by atoms with van der Waals surface area (Å²) in [7, 11) is -4.08. The van der Waals surface area contributed by atoms with Crippen LogP contribution in [0.4, 0.5) is 5.69 Å². The van der Waals surface area contributed by atoms with Crippen LogP contribution in [0.25, 0.3) is 0 Å². The van der Waals surface area contributed by atoms with Gasteiger partial charge in [0.1, 0.15) is 5.75 Å². The quantitative estimate of drug-likeness (QED) is 0.582. The lowest BCUT2D eigenvalue weighted by Crippen LogP contribution is -2.40. The first-order valence-electron chi connectivity index (χ1n) is 9.33. The van der Waals surface area contributed by atoms with Crippen molar-refractivity contribution in [1.29, 1.82) is 0 Å². The maximum Gasteiger partial charge on any atom is 0.278 e. The molecule has 29 heavy (non-hydrogen) atoms. The van der Waals surface area contributed by atoms with Crippen LogP contribution in [0.1, 0.15) is 18.1 Å². The lowest BCUT2D eigenvalue weighted by molar-refractivity contribution is -0.119. The van der Waals surface area contributed by atoms with Gasteiger partial charge in [0.15, 0.2) is 6.61 Å². The maximum absolute atomic E-state index is 13.2. The van der Waals surface area contributed by atoms with E-state index in [1.807, 2.05) is 26.0 Å². The molecule has 0 saturated carbocycles. The third kappa shape index (κ3) is 4.84. The number of ether oxygens (including phenoxy) is 1. The van der Waals surface area contributed by atoms with Gasteiger partial charge in [-0.05, 0) is 55.3 Å². The lowest BCUT2D eigenvalue weighted by atomic mass is 10.2. The number of hydrogen-bond donors (Lipinski definition) is 0. The van der Waals surface area contributed by atoms with Crippen LogP contribution in [-0.4, -0.2) is 20.9 Å². The van der Waals surface area contributed by atoms with Crippen molar-refractivity contribution < 1.29 is 17.9 Å². The molecule has 0 fully saturated rings. The molecule has 0 heterocycles. The van der Waals surface area contributed by atoms with Gasteiger partial charge in [0.05, 0.1) is 10.6 Å². The van der Waals surface area contributed by atoms with Crippen LogP contribution in [0.5, 0.6) is 5.75 Å². The zero-order valence-corrected chi connectivity index (χ0v) is 17.2. The van der Waals surface area contributed by atoms with E-state index in [4.69, 9.17) is 4.74 Å². The Kier molecular flexibility index (Phi) is 6.34. The van der Waals surface area contributed by atoms with Gasteiger partial charge in [-0.3, -0.25) is 4.79 Å². The van der Waals surface area contributed by atoms with Crippen LogP contribution in [0, 0.1) is 6.92 Å². The molecule has 0 atom stereocenters. The molecule has 0 radical (unpaired) electrons. The molecular formula is C23H23NO4S. The van der Waals surface area contributed by atoms with Crippen LogP contribution >= 0.6 is 0 Å². The van der Waals surface area contributed by atoms with E-state index in [1.165, 1.54) is 12.1 Å². The monoisotopic (exact) mass is 409 g/mol. The van der Waals surface area contributed by atoms with Gasteiger partial charge in [-0.15, -0.1) is 0 Å². The Morgan fingerprint density at radius 3 is 2.10 bits per heavy atom. The Morgan fingerprint density at radius 2 is 1.52 bits per heavy atom. The summed E-state index contributed by atoms with van der Waals surface area (Å²) in [6, 6.07) is 22.1. The number of nitrogens with zero attached hydrogens (tertiary/aromatic N) is 1. The molecule has 6 heteroatoms. The average Bonchev–Trinajstić information content (AvgIpc) is 2.73. The third-order valence-electron chi connectivity index (χ3n) is 4.47. The van der Waals surface area contributed by atoms with Crippen molar-refractivity contribution in [2.45, 2.75) is 25.2 Å². The molecule has 150 valence electrons. The Balaban J connectivity index is 1.89. The predicted molar refractivity (Wildman–Crippen MR) is 114 cm³/mol. The minimum atomic E-state index is -4.08. The van der Waals surface area contributed by atoms with Gasteiger partial charge in [0.25, 0.3) is 15.9 Å². The summed E-state index contributed by atoms with van der Waals surface area (Å²) in [5.41, 5.74) is 2.35. The number of benzene rings is 3. The highest BCUT2D eigenvalue weighted by atomic mass is 32.2. The van der Waals surface area contributed by atoms with E-state index in [0.717, 1.165) is 21.9 Å². The van der Waals surface area contributed by atoms with Crippen molar-refractivity contribution in [3.63, 3.8) is 0 Å². The van der Waals surface area contributed by atoms with Crippen molar-refractivity contribution in [2.24, 2.45) is 0 Å². The maximum atomic E-state index is 13.2. The van der Waals surface area contributed by atoms with Crippen LogP contribution < -0.4 is 9.04 Å². The van der Waals surface area contributed by atoms with E-state index in [2.05, 4.69) is 0 Å². The van der Waals surface area contributed by atoms with Crippen molar-refractivity contribution in [3.05, 3.63) is 90.0 Å². The first kappa shape index (κ1) is 20.6. The zero-order chi connectivity index (χ0) is 20.9. The molecular weight excluding hydrogens is 386 g/mol. The smallest absolute Gasteiger partial charge is 0.278 e. The Labute approximate surface area is 171 Å². The zero-order valence-electron chi connectivity index (χ0n) is 16.4. The topological polar surface area (TPSA) is 63.7 Å². The van der Waals surface area contributed by atoms with Crippen LogP contribution in [0.3, 0.4) is 0 Å². The predicted octanol–water partition coefficient (Wildman–Crippen LogP) is 4.36. The summed E-state index contributed by atoms with van der Waals surface area (Å²) in [6.07, 6.45) is 0.899. The lowest BCUT2D eigenvalue weighted by Gasteiger charge is -2.23. The average molecular weight is 410 g/mol. The van der Waals surface area contributed by atoms with Crippen molar-refractivity contribution in [3.8, 4) is 5.75 Å². The Morgan fingerprint density at radius 1 is 0.897 bits per heavy atom. The second kappa shape index (κ2) is 8.92. The summed E-state index contributed by atoms with van der Waals surface area (Å²) in [5.74, 6) is -0.160. The fourth-order valence-corrected chi connectivity index (χ4v) is 4.23. The number of carbonyl (C=O) groups excluding carboxylic acids is 1. The van der Waals surface area contributed by atoms with E-state index in [0.29, 0.717) is 5.75 Å². The second-order valence-corrected chi connectivity index (χ2v) is 8.38. The van der Waals surface area contributed by atoms with Gasteiger partial charge in [0.2, 0.25) is 0 Å². The van der Waals surface area contributed by atoms with Crippen molar-refractivity contribution in [1.82, 2.24) is 0 Å². The molecule has 0 unspecified atom stereocenters. The van der Waals surface area contributed by atoms with Gasteiger partial charge in [-0.1, -0.05) is 55.0 Å². The summed E-state index contributed by atoms with van der Waals surface area (Å²) in [5, 5.41) is 0. The van der Waals surface area contributed by atoms with Crippen LogP contribution in [0.15, 0.2) is 83.8 Å². The highest BCUT2D eigenvalue weighted by Gasteiger charge is 2.31. The largest absolute Gasteiger partial charge is 0.484 e. The van der Waals surface area contributed by atoms with E-state index < -0.39 is 22.5 Å². The van der Waals surface area contributed by atoms with E-state index in [9.17, 15) is 13.2 Å². The van der Waals surface area contributed by atoms with E-state index in [-0.39, 0.29) is 10.6 Å². The molecule has 0 aliphatic rings.